The first kappa shape index (κ1) is 30.3. The highest BCUT2D eigenvalue weighted by atomic mass is 32.1. The van der Waals surface area contributed by atoms with Crippen molar-refractivity contribution in [1.82, 2.24) is 9.55 Å². The molecule has 258 valence electrons. The molecule has 0 radical (unpaired) electrons. The molecule has 12 aromatic rings. The molecule has 4 aromatic heterocycles. The molecular weight excluding hydrogens is 695 g/mol. The van der Waals surface area contributed by atoms with Crippen LogP contribution in [0.25, 0.3) is 92.2 Å². The number of nitrogens with zero attached hydrogens (tertiary/aromatic N) is 3. The molecule has 0 fully saturated rings. The van der Waals surface area contributed by atoms with Gasteiger partial charge in [0.05, 0.1) is 11.0 Å². The first-order valence-electron chi connectivity index (χ1n) is 18.4. The van der Waals surface area contributed by atoms with E-state index < -0.39 is 0 Å². The van der Waals surface area contributed by atoms with Crippen LogP contribution in [0.5, 0.6) is 0 Å². The van der Waals surface area contributed by atoms with Gasteiger partial charge >= 0.3 is 0 Å². The Morgan fingerprint density at radius 2 is 1.11 bits per heavy atom. The lowest BCUT2D eigenvalue weighted by Gasteiger charge is -2.26. The van der Waals surface area contributed by atoms with Crippen molar-refractivity contribution in [2.45, 2.75) is 0 Å². The molecule has 0 atom stereocenters. The molecule has 0 aliphatic heterocycles. The Morgan fingerprint density at radius 3 is 1.98 bits per heavy atom. The minimum atomic E-state index is 0.636. The van der Waals surface area contributed by atoms with Crippen molar-refractivity contribution in [3.05, 3.63) is 176 Å². The molecule has 0 unspecified atom stereocenters. The first-order valence-corrected chi connectivity index (χ1v) is 19.2. The third-order valence-electron chi connectivity index (χ3n) is 10.8. The van der Waals surface area contributed by atoms with E-state index in [1.165, 1.54) is 36.6 Å². The quantitative estimate of drug-likeness (QED) is 0.177. The van der Waals surface area contributed by atoms with Gasteiger partial charge in [0.2, 0.25) is 5.89 Å². The standard InChI is InChI=1S/C49H29N3O2S/c1-3-11-30(12-4-1)49-50-48-44(54-49)25-26-45-47(48)37-22-19-34(29-46(37)55-45)51(33-21-24-43-39(28-33)36-16-8-10-18-42(36)53-43)32-20-23-41-38(27-32)35-15-7-9-17-40(35)52(41)31-13-5-2-6-14-31/h1-29H. The van der Waals surface area contributed by atoms with Gasteiger partial charge < -0.3 is 18.3 Å². The molecule has 5 nitrogen and oxygen atoms in total. The lowest BCUT2D eigenvalue weighted by molar-refractivity contribution is 0.620. The zero-order chi connectivity index (χ0) is 36.0. The Labute approximate surface area is 318 Å². The van der Waals surface area contributed by atoms with Crippen LogP contribution in [-0.4, -0.2) is 9.55 Å². The van der Waals surface area contributed by atoms with Gasteiger partial charge in [0.15, 0.2) is 5.58 Å². The molecule has 12 rings (SSSR count). The smallest absolute Gasteiger partial charge is 0.227 e. The van der Waals surface area contributed by atoms with E-state index in [4.69, 9.17) is 13.8 Å². The first-order chi connectivity index (χ1) is 27.2. The van der Waals surface area contributed by atoms with Gasteiger partial charge in [-0.3, -0.25) is 0 Å². The number of fused-ring (bicyclic) bond motifs is 11. The third-order valence-corrected chi connectivity index (χ3v) is 11.9. The summed E-state index contributed by atoms with van der Waals surface area (Å²) in [5.74, 6) is 0.636. The Hall–Kier alpha value is -7.15. The van der Waals surface area contributed by atoms with E-state index >= 15 is 0 Å². The second-order valence-corrected chi connectivity index (χ2v) is 15.0. The lowest BCUT2D eigenvalue weighted by Crippen LogP contribution is -2.09. The topological polar surface area (TPSA) is 47.3 Å². The maximum atomic E-state index is 6.29. The second kappa shape index (κ2) is 11.7. The van der Waals surface area contributed by atoms with Crippen LogP contribution in [0.15, 0.2) is 185 Å². The highest BCUT2D eigenvalue weighted by Crippen LogP contribution is 2.45. The molecule has 0 saturated carbocycles. The lowest BCUT2D eigenvalue weighted by atomic mass is 10.1. The van der Waals surface area contributed by atoms with E-state index in [1.54, 1.807) is 11.3 Å². The number of benzene rings is 8. The van der Waals surface area contributed by atoms with Crippen LogP contribution >= 0.6 is 11.3 Å². The number of anilines is 3. The van der Waals surface area contributed by atoms with E-state index in [-0.39, 0.29) is 0 Å². The number of rotatable bonds is 5. The predicted molar refractivity (Wildman–Crippen MR) is 229 cm³/mol. The van der Waals surface area contributed by atoms with Gasteiger partial charge in [-0.2, -0.15) is 0 Å². The fraction of sp³-hybridized carbons (Fsp3) is 0. The summed E-state index contributed by atoms with van der Waals surface area (Å²) in [5.41, 5.74) is 11.1. The fourth-order valence-electron chi connectivity index (χ4n) is 8.34. The van der Waals surface area contributed by atoms with E-state index in [0.29, 0.717) is 5.89 Å². The average Bonchev–Trinajstić information content (AvgIpc) is 4.01. The minimum Gasteiger partial charge on any atom is -0.456 e. The summed E-state index contributed by atoms with van der Waals surface area (Å²) in [4.78, 5) is 7.40. The van der Waals surface area contributed by atoms with Crippen molar-refractivity contribution in [1.29, 1.82) is 0 Å². The Bertz CT molecular complexity index is 3450. The van der Waals surface area contributed by atoms with Gasteiger partial charge in [-0.1, -0.05) is 78.9 Å². The van der Waals surface area contributed by atoms with Crippen molar-refractivity contribution in [3.63, 3.8) is 0 Å². The van der Waals surface area contributed by atoms with Crippen LogP contribution in [0.1, 0.15) is 0 Å². The summed E-state index contributed by atoms with van der Waals surface area (Å²) in [7, 11) is 0. The van der Waals surface area contributed by atoms with Crippen LogP contribution in [0.4, 0.5) is 17.1 Å². The summed E-state index contributed by atoms with van der Waals surface area (Å²) in [5, 5.41) is 6.90. The maximum Gasteiger partial charge on any atom is 0.227 e. The summed E-state index contributed by atoms with van der Waals surface area (Å²) in [6.45, 7) is 0. The van der Waals surface area contributed by atoms with Crippen molar-refractivity contribution in [2.24, 2.45) is 0 Å². The highest BCUT2D eigenvalue weighted by Gasteiger charge is 2.21. The molecule has 6 heteroatoms. The SMILES string of the molecule is c1ccc(-c2nc3c(ccc4sc5cc(N(c6ccc7oc8ccccc8c7c6)c6ccc7c(c6)c6ccccc6n7-c6ccccc6)ccc5c43)o2)cc1. The van der Waals surface area contributed by atoms with Gasteiger partial charge in [-0.05, 0) is 97.1 Å². The molecule has 0 amide bonds. The second-order valence-electron chi connectivity index (χ2n) is 14.0. The molecule has 0 spiro atoms. The minimum absolute atomic E-state index is 0.636. The number of furan rings is 1. The maximum absolute atomic E-state index is 6.29. The van der Waals surface area contributed by atoms with E-state index in [9.17, 15) is 0 Å². The summed E-state index contributed by atoms with van der Waals surface area (Å²) in [6, 6.07) is 62.1. The molecule has 0 N–H and O–H groups in total. The Morgan fingerprint density at radius 1 is 0.455 bits per heavy atom. The predicted octanol–water partition coefficient (Wildman–Crippen LogP) is 14.3. The molecule has 0 aliphatic rings. The Balaban J connectivity index is 1.08. The van der Waals surface area contributed by atoms with Crippen LogP contribution < -0.4 is 4.90 Å². The molecule has 0 saturated heterocycles. The van der Waals surface area contributed by atoms with E-state index in [0.717, 1.165) is 66.7 Å². The number of para-hydroxylation sites is 3. The molecular formula is C49H29N3O2S. The van der Waals surface area contributed by atoms with Crippen LogP contribution in [-0.2, 0) is 0 Å². The normalized spacial score (nSPS) is 12.0. The van der Waals surface area contributed by atoms with Gasteiger partial charge in [0.1, 0.15) is 16.7 Å². The summed E-state index contributed by atoms with van der Waals surface area (Å²) in [6.07, 6.45) is 0. The van der Waals surface area contributed by atoms with E-state index in [2.05, 4.69) is 137 Å². The van der Waals surface area contributed by atoms with Gasteiger partial charge in [-0.25, -0.2) is 4.98 Å². The van der Waals surface area contributed by atoms with Crippen LogP contribution in [0.3, 0.4) is 0 Å². The average molecular weight is 724 g/mol. The van der Waals surface area contributed by atoms with Crippen molar-refractivity contribution in [2.75, 3.05) is 4.90 Å². The van der Waals surface area contributed by atoms with Crippen molar-refractivity contribution < 1.29 is 8.83 Å². The monoisotopic (exact) mass is 723 g/mol. The van der Waals surface area contributed by atoms with Crippen molar-refractivity contribution in [3.8, 4) is 17.1 Å². The van der Waals surface area contributed by atoms with Crippen LogP contribution in [0.2, 0.25) is 0 Å². The van der Waals surface area contributed by atoms with Crippen molar-refractivity contribution >= 4 is 103 Å². The number of hydrogen-bond donors (Lipinski definition) is 0. The van der Waals surface area contributed by atoms with E-state index in [1.807, 2.05) is 48.5 Å². The van der Waals surface area contributed by atoms with Gasteiger partial charge in [0.25, 0.3) is 0 Å². The van der Waals surface area contributed by atoms with Gasteiger partial charge in [-0.15, -0.1) is 11.3 Å². The number of hydrogen-bond acceptors (Lipinski definition) is 5. The zero-order valence-corrected chi connectivity index (χ0v) is 30.1. The van der Waals surface area contributed by atoms with Crippen LogP contribution in [0, 0.1) is 0 Å². The fourth-order valence-corrected chi connectivity index (χ4v) is 9.48. The number of aromatic nitrogens is 2. The van der Waals surface area contributed by atoms with Gasteiger partial charge in [0, 0.05) is 70.0 Å². The largest absolute Gasteiger partial charge is 0.456 e. The highest BCUT2D eigenvalue weighted by molar-refractivity contribution is 7.26. The Kier molecular flexibility index (Phi) is 6.44. The molecule has 0 aliphatic carbocycles. The molecule has 4 heterocycles. The third kappa shape index (κ3) is 4.62. The zero-order valence-electron chi connectivity index (χ0n) is 29.3. The summed E-state index contributed by atoms with van der Waals surface area (Å²) < 4.78 is 17.3. The molecule has 8 aromatic carbocycles. The summed E-state index contributed by atoms with van der Waals surface area (Å²) >= 11 is 1.79. The molecule has 55 heavy (non-hydrogen) atoms. The number of thiophene rings is 1. The number of oxazole rings is 1. The molecule has 0 bridgehead atoms.